The fourth-order valence-electron chi connectivity index (χ4n) is 2.31. The second kappa shape index (κ2) is 4.59. The molecule has 7 heteroatoms. The van der Waals surface area contributed by atoms with Gasteiger partial charge in [-0.25, -0.2) is 4.79 Å². The molecule has 1 heterocycles. The van der Waals surface area contributed by atoms with E-state index in [1.54, 1.807) is 0 Å². The average molecular weight is 302 g/mol. The molecule has 5 N–H and O–H groups in total. The van der Waals surface area contributed by atoms with Gasteiger partial charge in [0.2, 0.25) is 5.75 Å². The third kappa shape index (κ3) is 2.05. The van der Waals surface area contributed by atoms with Crippen molar-refractivity contribution in [3.05, 3.63) is 40.8 Å². The van der Waals surface area contributed by atoms with E-state index in [-0.39, 0.29) is 39.3 Å². The normalized spacial score (nSPS) is 10.9. The van der Waals surface area contributed by atoms with Crippen molar-refractivity contribution in [2.24, 2.45) is 0 Å². The predicted octanol–water partition coefficient (Wildman–Crippen LogP) is 1.99. The molecule has 0 fully saturated rings. The number of aromatic hydroxyl groups is 5. The van der Waals surface area contributed by atoms with E-state index in [0.717, 1.165) is 18.2 Å². The SMILES string of the molecule is O=c1oc2cc(O)cc(O)c2c(-c2cc(O)cc(O)c2)c1O. The van der Waals surface area contributed by atoms with E-state index in [4.69, 9.17) is 4.42 Å². The molecule has 0 aliphatic rings. The predicted molar refractivity (Wildman–Crippen MR) is 76.2 cm³/mol. The molecular formula is C15H10O7. The van der Waals surface area contributed by atoms with Gasteiger partial charge in [-0.05, 0) is 17.7 Å². The number of benzene rings is 2. The van der Waals surface area contributed by atoms with Gasteiger partial charge in [0.05, 0.1) is 5.39 Å². The summed E-state index contributed by atoms with van der Waals surface area (Å²) in [6.07, 6.45) is 0. The van der Waals surface area contributed by atoms with Crippen LogP contribution in [0.3, 0.4) is 0 Å². The molecule has 0 aliphatic heterocycles. The summed E-state index contributed by atoms with van der Waals surface area (Å²) in [6, 6.07) is 5.57. The van der Waals surface area contributed by atoms with Crippen molar-refractivity contribution in [1.82, 2.24) is 0 Å². The number of phenolic OH excluding ortho intramolecular Hbond substituents is 4. The fourth-order valence-corrected chi connectivity index (χ4v) is 2.31. The van der Waals surface area contributed by atoms with Crippen molar-refractivity contribution >= 4 is 11.0 Å². The van der Waals surface area contributed by atoms with E-state index in [1.165, 1.54) is 12.1 Å². The first-order chi connectivity index (χ1) is 10.4. The van der Waals surface area contributed by atoms with Gasteiger partial charge < -0.3 is 29.9 Å². The van der Waals surface area contributed by atoms with Crippen LogP contribution in [0.25, 0.3) is 22.1 Å². The Kier molecular flexibility index (Phi) is 2.84. The van der Waals surface area contributed by atoms with Crippen molar-refractivity contribution in [3.63, 3.8) is 0 Å². The summed E-state index contributed by atoms with van der Waals surface area (Å²) in [7, 11) is 0. The highest BCUT2D eigenvalue weighted by atomic mass is 16.4. The highest BCUT2D eigenvalue weighted by Gasteiger charge is 2.20. The van der Waals surface area contributed by atoms with Crippen LogP contribution in [-0.4, -0.2) is 25.5 Å². The zero-order chi connectivity index (χ0) is 16.0. The molecule has 22 heavy (non-hydrogen) atoms. The van der Waals surface area contributed by atoms with E-state index in [2.05, 4.69) is 0 Å². The minimum absolute atomic E-state index is 0.0418. The van der Waals surface area contributed by atoms with Crippen molar-refractivity contribution in [2.75, 3.05) is 0 Å². The van der Waals surface area contributed by atoms with Gasteiger partial charge in [-0.3, -0.25) is 0 Å². The zero-order valence-electron chi connectivity index (χ0n) is 10.9. The third-order valence-electron chi connectivity index (χ3n) is 3.14. The molecule has 0 aliphatic carbocycles. The number of hydrogen-bond donors (Lipinski definition) is 5. The van der Waals surface area contributed by atoms with Crippen LogP contribution < -0.4 is 5.63 Å². The molecule has 1 aromatic heterocycles. The first kappa shape index (κ1) is 13.6. The first-order valence-corrected chi connectivity index (χ1v) is 6.12. The summed E-state index contributed by atoms with van der Waals surface area (Å²) >= 11 is 0. The highest BCUT2D eigenvalue weighted by molar-refractivity contribution is 6.01. The molecule has 0 bridgehead atoms. The molecule has 0 atom stereocenters. The molecule has 3 aromatic rings. The quantitative estimate of drug-likeness (QED) is 0.434. The van der Waals surface area contributed by atoms with Gasteiger partial charge in [0, 0.05) is 23.8 Å². The Bertz CT molecular complexity index is 936. The molecule has 0 spiro atoms. The number of fused-ring (bicyclic) bond motifs is 1. The summed E-state index contributed by atoms with van der Waals surface area (Å²) < 4.78 is 4.83. The Labute approximate surface area is 122 Å². The Morgan fingerprint density at radius 1 is 0.773 bits per heavy atom. The minimum atomic E-state index is -1.09. The van der Waals surface area contributed by atoms with Crippen LogP contribution in [0.4, 0.5) is 0 Å². The number of phenols is 4. The fraction of sp³-hybridized carbons (Fsp3) is 0. The summed E-state index contributed by atoms with van der Waals surface area (Å²) in [6.45, 7) is 0. The van der Waals surface area contributed by atoms with Crippen LogP contribution in [0.1, 0.15) is 0 Å². The van der Waals surface area contributed by atoms with E-state index < -0.39 is 17.1 Å². The van der Waals surface area contributed by atoms with E-state index in [0.29, 0.717) is 0 Å². The van der Waals surface area contributed by atoms with E-state index >= 15 is 0 Å². The lowest BCUT2D eigenvalue weighted by atomic mass is 9.99. The van der Waals surface area contributed by atoms with Gasteiger partial charge in [-0.2, -0.15) is 0 Å². The molecule has 2 aromatic carbocycles. The molecule has 3 rings (SSSR count). The minimum Gasteiger partial charge on any atom is -0.508 e. The van der Waals surface area contributed by atoms with Crippen LogP contribution in [0.5, 0.6) is 28.7 Å². The Hall–Kier alpha value is -3.35. The second-order valence-corrected chi connectivity index (χ2v) is 4.69. The molecule has 0 unspecified atom stereocenters. The number of rotatable bonds is 1. The van der Waals surface area contributed by atoms with Gasteiger partial charge >= 0.3 is 5.63 Å². The lowest BCUT2D eigenvalue weighted by Gasteiger charge is -2.10. The number of hydrogen-bond acceptors (Lipinski definition) is 7. The summed E-state index contributed by atoms with van der Waals surface area (Å²) in [5.41, 5.74) is -1.28. The Balaban J connectivity index is 2.51. The standard InChI is InChI=1S/C15H10O7/c16-7-1-6(2-8(17)3-7)12-13-10(19)4-9(18)5-11(13)22-15(21)14(12)20/h1-5,16-20H. The van der Waals surface area contributed by atoms with Crippen LogP contribution in [-0.2, 0) is 0 Å². The van der Waals surface area contributed by atoms with Crippen LogP contribution in [0.2, 0.25) is 0 Å². The van der Waals surface area contributed by atoms with Gasteiger partial charge in [-0.15, -0.1) is 0 Å². The van der Waals surface area contributed by atoms with Crippen molar-refractivity contribution < 1.29 is 29.9 Å². The van der Waals surface area contributed by atoms with Crippen molar-refractivity contribution in [2.45, 2.75) is 0 Å². The summed E-state index contributed by atoms with van der Waals surface area (Å²) in [4.78, 5) is 11.7. The lowest BCUT2D eigenvalue weighted by molar-refractivity contribution is 0.423. The van der Waals surface area contributed by atoms with E-state index in [9.17, 15) is 30.3 Å². The van der Waals surface area contributed by atoms with E-state index in [1.807, 2.05) is 0 Å². The second-order valence-electron chi connectivity index (χ2n) is 4.69. The Morgan fingerprint density at radius 2 is 1.36 bits per heavy atom. The molecule has 0 saturated carbocycles. The van der Waals surface area contributed by atoms with Gasteiger partial charge in [0.1, 0.15) is 28.6 Å². The molecular weight excluding hydrogens is 292 g/mol. The highest BCUT2D eigenvalue weighted by Crippen LogP contribution is 2.42. The third-order valence-corrected chi connectivity index (χ3v) is 3.14. The topological polar surface area (TPSA) is 131 Å². The summed E-state index contributed by atoms with van der Waals surface area (Å²) in [5.74, 6) is -2.16. The zero-order valence-corrected chi connectivity index (χ0v) is 10.9. The van der Waals surface area contributed by atoms with Gasteiger partial charge in [-0.1, -0.05) is 0 Å². The lowest BCUT2D eigenvalue weighted by Crippen LogP contribution is -2.00. The largest absolute Gasteiger partial charge is 0.508 e. The average Bonchev–Trinajstić information content (AvgIpc) is 2.39. The molecule has 0 amide bonds. The molecule has 0 saturated heterocycles. The smallest absolute Gasteiger partial charge is 0.379 e. The maximum Gasteiger partial charge on any atom is 0.379 e. The molecule has 7 nitrogen and oxygen atoms in total. The van der Waals surface area contributed by atoms with Crippen molar-refractivity contribution in [3.8, 4) is 39.9 Å². The maximum atomic E-state index is 11.7. The van der Waals surface area contributed by atoms with Crippen LogP contribution in [0.15, 0.2) is 39.5 Å². The monoisotopic (exact) mass is 302 g/mol. The molecule has 0 radical (unpaired) electrons. The Morgan fingerprint density at radius 3 is 2.00 bits per heavy atom. The van der Waals surface area contributed by atoms with Gasteiger partial charge in [0.25, 0.3) is 0 Å². The van der Waals surface area contributed by atoms with Crippen LogP contribution in [0, 0.1) is 0 Å². The first-order valence-electron chi connectivity index (χ1n) is 6.12. The maximum absolute atomic E-state index is 11.7. The summed E-state index contributed by atoms with van der Waals surface area (Å²) in [5, 5.41) is 48.5. The van der Waals surface area contributed by atoms with Crippen molar-refractivity contribution in [1.29, 1.82) is 0 Å². The molecule has 112 valence electrons. The van der Waals surface area contributed by atoms with Crippen LogP contribution >= 0.6 is 0 Å². The van der Waals surface area contributed by atoms with Gasteiger partial charge in [0.15, 0.2) is 0 Å².